The SMILES string of the molecule is CCOc1ccc([C@H]2C(C(=O)c3ccco3)=C(O)C(=O)N2CCCN(CC)CC)cc1OC. The maximum Gasteiger partial charge on any atom is 0.290 e. The Morgan fingerprint density at radius 3 is 2.55 bits per heavy atom. The maximum atomic E-state index is 13.2. The molecule has 1 aliphatic heterocycles. The number of amides is 1. The van der Waals surface area contributed by atoms with Gasteiger partial charge >= 0.3 is 0 Å². The molecule has 1 aromatic carbocycles. The summed E-state index contributed by atoms with van der Waals surface area (Å²) < 4.78 is 16.4. The second-order valence-electron chi connectivity index (χ2n) is 7.69. The van der Waals surface area contributed by atoms with Gasteiger partial charge in [-0.15, -0.1) is 0 Å². The normalized spacial score (nSPS) is 16.1. The lowest BCUT2D eigenvalue weighted by molar-refractivity contribution is -0.129. The average molecular weight is 457 g/mol. The van der Waals surface area contributed by atoms with Gasteiger partial charge in [-0.1, -0.05) is 19.9 Å². The molecular formula is C25H32N2O6. The molecule has 0 bridgehead atoms. The van der Waals surface area contributed by atoms with E-state index in [1.165, 1.54) is 19.4 Å². The van der Waals surface area contributed by atoms with E-state index in [0.29, 0.717) is 36.6 Å². The number of ether oxygens (including phenoxy) is 2. The van der Waals surface area contributed by atoms with Gasteiger partial charge in [0.05, 0.1) is 31.6 Å². The number of carbonyl (C=O) groups is 2. The van der Waals surface area contributed by atoms with Crippen molar-refractivity contribution in [3.63, 3.8) is 0 Å². The molecule has 178 valence electrons. The van der Waals surface area contributed by atoms with Crippen LogP contribution in [0.2, 0.25) is 0 Å². The van der Waals surface area contributed by atoms with E-state index < -0.39 is 23.5 Å². The molecule has 1 atom stereocenters. The Morgan fingerprint density at radius 1 is 1.18 bits per heavy atom. The number of Topliss-reactive ketones (excluding diaryl/α,β-unsaturated/α-hetero) is 1. The van der Waals surface area contributed by atoms with Crippen LogP contribution in [0.3, 0.4) is 0 Å². The maximum absolute atomic E-state index is 13.2. The number of nitrogens with zero attached hydrogens (tertiary/aromatic N) is 2. The third-order valence-electron chi connectivity index (χ3n) is 5.86. The van der Waals surface area contributed by atoms with Crippen molar-refractivity contribution in [1.29, 1.82) is 0 Å². The van der Waals surface area contributed by atoms with Crippen LogP contribution >= 0.6 is 0 Å². The molecule has 1 aliphatic rings. The van der Waals surface area contributed by atoms with Gasteiger partial charge in [0.1, 0.15) is 0 Å². The molecule has 33 heavy (non-hydrogen) atoms. The summed E-state index contributed by atoms with van der Waals surface area (Å²) in [5.74, 6) is -0.513. The van der Waals surface area contributed by atoms with Crippen LogP contribution < -0.4 is 9.47 Å². The second kappa shape index (κ2) is 11.0. The van der Waals surface area contributed by atoms with Gasteiger partial charge in [-0.3, -0.25) is 9.59 Å². The number of aliphatic hydroxyl groups is 1. The molecule has 2 heterocycles. The topological polar surface area (TPSA) is 92.5 Å². The molecule has 2 aromatic rings. The average Bonchev–Trinajstić information content (AvgIpc) is 3.45. The third kappa shape index (κ3) is 5.06. The van der Waals surface area contributed by atoms with Gasteiger partial charge < -0.3 is 28.8 Å². The lowest BCUT2D eigenvalue weighted by Crippen LogP contribution is -2.34. The predicted octanol–water partition coefficient (Wildman–Crippen LogP) is 4.00. The minimum Gasteiger partial charge on any atom is -0.503 e. The van der Waals surface area contributed by atoms with Gasteiger partial charge in [-0.05, 0) is 62.8 Å². The predicted molar refractivity (Wildman–Crippen MR) is 124 cm³/mol. The van der Waals surface area contributed by atoms with E-state index in [1.807, 2.05) is 6.92 Å². The fraction of sp³-hybridized carbons (Fsp3) is 0.440. The number of ketones is 1. The Balaban J connectivity index is 2.00. The van der Waals surface area contributed by atoms with Crippen LogP contribution in [0.4, 0.5) is 0 Å². The highest BCUT2D eigenvalue weighted by Gasteiger charge is 2.44. The summed E-state index contributed by atoms with van der Waals surface area (Å²) in [5, 5.41) is 10.8. The number of benzene rings is 1. The molecule has 0 fully saturated rings. The summed E-state index contributed by atoms with van der Waals surface area (Å²) in [4.78, 5) is 30.1. The first-order valence-electron chi connectivity index (χ1n) is 11.3. The molecular weight excluding hydrogens is 424 g/mol. The second-order valence-corrected chi connectivity index (χ2v) is 7.69. The van der Waals surface area contributed by atoms with E-state index in [4.69, 9.17) is 13.9 Å². The van der Waals surface area contributed by atoms with Gasteiger partial charge in [-0.25, -0.2) is 0 Å². The van der Waals surface area contributed by atoms with E-state index >= 15 is 0 Å². The Kier molecular flexibility index (Phi) is 8.16. The van der Waals surface area contributed by atoms with E-state index in [1.54, 1.807) is 29.2 Å². The minimum absolute atomic E-state index is 0.00371. The fourth-order valence-electron chi connectivity index (χ4n) is 4.14. The number of aliphatic hydroxyl groups excluding tert-OH is 1. The zero-order chi connectivity index (χ0) is 24.0. The number of furan rings is 1. The lowest BCUT2D eigenvalue weighted by atomic mass is 9.94. The molecule has 8 heteroatoms. The van der Waals surface area contributed by atoms with E-state index in [2.05, 4.69) is 18.7 Å². The standard InChI is InChI=1S/C25H32N2O6/c1-5-26(6-2)13-9-14-27-22(17-11-12-18(32-7-3)20(16-17)31-4)21(24(29)25(27)30)23(28)19-10-8-15-33-19/h8,10-12,15-16,22,29H,5-7,9,13-14H2,1-4H3/t22-/m0/s1. The third-order valence-corrected chi connectivity index (χ3v) is 5.86. The zero-order valence-electron chi connectivity index (χ0n) is 19.7. The molecule has 0 saturated carbocycles. The molecule has 1 aromatic heterocycles. The van der Waals surface area contributed by atoms with Crippen molar-refractivity contribution >= 4 is 11.7 Å². The highest BCUT2D eigenvalue weighted by atomic mass is 16.5. The van der Waals surface area contributed by atoms with Gasteiger partial charge in [-0.2, -0.15) is 0 Å². The summed E-state index contributed by atoms with van der Waals surface area (Å²) in [6, 6.07) is 7.63. The largest absolute Gasteiger partial charge is 0.503 e. The van der Waals surface area contributed by atoms with Crippen molar-refractivity contribution in [3.8, 4) is 11.5 Å². The van der Waals surface area contributed by atoms with Gasteiger partial charge in [0.2, 0.25) is 5.78 Å². The molecule has 1 amide bonds. The summed E-state index contributed by atoms with van der Waals surface area (Å²) in [6.07, 6.45) is 2.09. The Labute approximate surface area is 194 Å². The van der Waals surface area contributed by atoms with E-state index in [-0.39, 0.29) is 11.3 Å². The molecule has 0 aliphatic carbocycles. The first-order chi connectivity index (χ1) is 16.0. The van der Waals surface area contributed by atoms with Crippen LogP contribution in [-0.4, -0.2) is 66.5 Å². The van der Waals surface area contributed by atoms with Crippen molar-refractivity contribution in [1.82, 2.24) is 9.80 Å². The Bertz CT molecular complexity index is 994. The summed E-state index contributed by atoms with van der Waals surface area (Å²) in [5.41, 5.74) is 0.648. The first-order valence-corrected chi connectivity index (χ1v) is 11.3. The fourth-order valence-corrected chi connectivity index (χ4v) is 4.14. The lowest BCUT2D eigenvalue weighted by Gasteiger charge is -2.28. The number of hydrogen-bond acceptors (Lipinski definition) is 7. The van der Waals surface area contributed by atoms with E-state index in [9.17, 15) is 14.7 Å². The summed E-state index contributed by atoms with van der Waals surface area (Å²) in [7, 11) is 1.53. The highest BCUT2D eigenvalue weighted by Crippen LogP contribution is 2.41. The van der Waals surface area contributed by atoms with Gasteiger partial charge in [0.25, 0.3) is 5.91 Å². The van der Waals surface area contributed by atoms with Crippen LogP contribution in [0.15, 0.2) is 52.3 Å². The Morgan fingerprint density at radius 2 is 1.94 bits per heavy atom. The zero-order valence-corrected chi connectivity index (χ0v) is 19.7. The highest BCUT2D eigenvalue weighted by molar-refractivity contribution is 6.15. The number of carbonyl (C=O) groups excluding carboxylic acids is 2. The quantitative estimate of drug-likeness (QED) is 0.483. The van der Waals surface area contributed by atoms with E-state index in [0.717, 1.165) is 19.6 Å². The molecule has 0 radical (unpaired) electrons. The van der Waals surface area contributed by atoms with Crippen LogP contribution in [0, 0.1) is 0 Å². The summed E-state index contributed by atoms with van der Waals surface area (Å²) in [6.45, 7) is 9.54. The first kappa shape index (κ1) is 24.4. The van der Waals surface area contributed by atoms with Crippen molar-refractivity contribution in [2.24, 2.45) is 0 Å². The van der Waals surface area contributed by atoms with Crippen LogP contribution in [0.1, 0.15) is 49.4 Å². The minimum atomic E-state index is -0.767. The molecule has 3 rings (SSSR count). The van der Waals surface area contributed by atoms with Crippen LogP contribution in [-0.2, 0) is 4.79 Å². The van der Waals surface area contributed by atoms with Gasteiger partial charge in [0, 0.05) is 6.54 Å². The number of rotatable bonds is 12. The van der Waals surface area contributed by atoms with Crippen molar-refractivity contribution in [2.45, 2.75) is 33.2 Å². The molecule has 0 unspecified atom stereocenters. The van der Waals surface area contributed by atoms with Crippen molar-refractivity contribution < 1.29 is 28.6 Å². The molecule has 0 saturated heterocycles. The Hall–Kier alpha value is -3.26. The molecule has 0 spiro atoms. The van der Waals surface area contributed by atoms with Crippen LogP contribution in [0.25, 0.3) is 0 Å². The summed E-state index contributed by atoms with van der Waals surface area (Å²) >= 11 is 0. The molecule has 8 nitrogen and oxygen atoms in total. The van der Waals surface area contributed by atoms with Crippen molar-refractivity contribution in [3.05, 3.63) is 59.3 Å². The smallest absolute Gasteiger partial charge is 0.290 e. The number of methoxy groups -OCH3 is 1. The van der Waals surface area contributed by atoms with Crippen molar-refractivity contribution in [2.75, 3.05) is 39.9 Å². The molecule has 1 N–H and O–H groups in total. The monoisotopic (exact) mass is 456 g/mol. The van der Waals surface area contributed by atoms with Gasteiger partial charge in [0.15, 0.2) is 23.0 Å². The number of hydrogen-bond donors (Lipinski definition) is 1. The van der Waals surface area contributed by atoms with Crippen LogP contribution in [0.5, 0.6) is 11.5 Å².